The average molecular weight is 372 g/mol. The largest absolute Gasteiger partial charge is 0.433 e. The van der Waals surface area contributed by atoms with Crippen molar-refractivity contribution >= 4 is 33.6 Å². The van der Waals surface area contributed by atoms with Crippen molar-refractivity contribution < 1.29 is 9.21 Å². The molecular formula is C24H24N2O2. The minimum Gasteiger partial charge on any atom is -0.433 e. The normalized spacial score (nSPS) is 11.2. The first kappa shape index (κ1) is 18.2. The second-order valence-corrected chi connectivity index (χ2v) is 7.34. The summed E-state index contributed by atoms with van der Waals surface area (Å²) in [6.45, 7) is 6.85. The molecule has 4 aromatic rings. The van der Waals surface area contributed by atoms with Gasteiger partial charge in [0.1, 0.15) is 0 Å². The summed E-state index contributed by atoms with van der Waals surface area (Å²) in [6.07, 6.45) is 1.95. The minimum absolute atomic E-state index is 0.128. The number of fused-ring (bicyclic) bond motifs is 2. The zero-order chi connectivity index (χ0) is 19.7. The van der Waals surface area contributed by atoms with Crippen molar-refractivity contribution in [3.63, 3.8) is 0 Å². The van der Waals surface area contributed by atoms with Gasteiger partial charge >= 0.3 is 0 Å². The molecule has 0 saturated heterocycles. The van der Waals surface area contributed by atoms with E-state index >= 15 is 0 Å². The Balaban J connectivity index is 1.75. The second-order valence-electron chi connectivity index (χ2n) is 7.34. The molecule has 4 rings (SSSR count). The van der Waals surface area contributed by atoms with Crippen molar-refractivity contribution in [1.29, 1.82) is 0 Å². The van der Waals surface area contributed by atoms with Gasteiger partial charge in [0.15, 0.2) is 5.76 Å². The molecular weight excluding hydrogens is 348 g/mol. The number of rotatable bonds is 5. The molecule has 4 nitrogen and oxygen atoms in total. The summed E-state index contributed by atoms with van der Waals surface area (Å²) in [5.74, 6) is 0.199. The maximum Gasteiger partial charge on any atom is 0.294 e. The molecule has 28 heavy (non-hydrogen) atoms. The van der Waals surface area contributed by atoms with Gasteiger partial charge in [-0.1, -0.05) is 37.6 Å². The summed E-state index contributed by atoms with van der Waals surface area (Å²) < 4.78 is 5.89. The Labute approximate surface area is 164 Å². The zero-order valence-corrected chi connectivity index (χ0v) is 16.5. The predicted octanol–water partition coefficient (Wildman–Crippen LogP) is 6.04. The molecule has 2 aromatic heterocycles. The molecule has 4 heteroatoms. The van der Waals surface area contributed by atoms with Crippen LogP contribution in [0.3, 0.4) is 0 Å². The lowest BCUT2D eigenvalue weighted by Crippen LogP contribution is -2.31. The number of amides is 1. The first-order chi connectivity index (χ1) is 13.5. The maximum absolute atomic E-state index is 13.3. The van der Waals surface area contributed by atoms with Crippen molar-refractivity contribution in [3.8, 4) is 0 Å². The Morgan fingerprint density at radius 1 is 1.00 bits per heavy atom. The lowest BCUT2D eigenvalue weighted by molar-refractivity contribution is 0.0961. The van der Waals surface area contributed by atoms with Crippen molar-refractivity contribution in [2.45, 2.75) is 33.6 Å². The van der Waals surface area contributed by atoms with Gasteiger partial charge in [-0.3, -0.25) is 4.79 Å². The molecule has 0 bridgehead atoms. The number of hydrogen-bond donors (Lipinski definition) is 0. The highest BCUT2D eigenvalue weighted by molar-refractivity contribution is 6.06. The van der Waals surface area contributed by atoms with Crippen LogP contribution in [0.2, 0.25) is 0 Å². The van der Waals surface area contributed by atoms with E-state index in [1.165, 1.54) is 0 Å². The Bertz CT molecular complexity index is 1160. The smallest absolute Gasteiger partial charge is 0.294 e. The fourth-order valence-electron chi connectivity index (χ4n) is 3.43. The summed E-state index contributed by atoms with van der Waals surface area (Å²) >= 11 is 0. The van der Waals surface area contributed by atoms with Gasteiger partial charge < -0.3 is 9.32 Å². The van der Waals surface area contributed by atoms with Gasteiger partial charge in [0.05, 0.1) is 5.52 Å². The van der Waals surface area contributed by atoms with Crippen LogP contribution in [0.1, 0.15) is 41.4 Å². The van der Waals surface area contributed by atoms with Crippen LogP contribution < -0.4 is 4.90 Å². The van der Waals surface area contributed by atoms with E-state index in [0.29, 0.717) is 18.0 Å². The van der Waals surface area contributed by atoms with E-state index in [1.807, 2.05) is 56.3 Å². The predicted molar refractivity (Wildman–Crippen MR) is 114 cm³/mol. The van der Waals surface area contributed by atoms with E-state index in [4.69, 9.17) is 4.42 Å². The molecule has 2 aromatic carbocycles. The Morgan fingerprint density at radius 3 is 2.61 bits per heavy atom. The number of carbonyl (C=O) groups excluding carboxylic acids is 1. The quantitative estimate of drug-likeness (QED) is 0.429. The topological polar surface area (TPSA) is 46.3 Å². The SMILES string of the molecule is CCCCN(C(=O)c1cc2cc3ccc(C)cc3nc2o1)c1cccc(C)c1. The van der Waals surface area contributed by atoms with Crippen LogP contribution in [0.5, 0.6) is 0 Å². The summed E-state index contributed by atoms with van der Waals surface area (Å²) in [5, 5.41) is 1.89. The van der Waals surface area contributed by atoms with E-state index in [9.17, 15) is 4.79 Å². The Kier molecular flexibility index (Phi) is 4.86. The Morgan fingerprint density at radius 2 is 1.82 bits per heavy atom. The van der Waals surface area contributed by atoms with E-state index in [1.54, 1.807) is 11.0 Å². The lowest BCUT2D eigenvalue weighted by atomic mass is 10.1. The van der Waals surface area contributed by atoms with Crippen LogP contribution in [-0.4, -0.2) is 17.4 Å². The monoisotopic (exact) mass is 372 g/mol. The standard InChI is InChI=1S/C24H24N2O2/c1-4-5-11-26(20-8-6-7-16(2)12-20)24(27)22-15-19-14-18-10-9-17(3)13-21(18)25-23(19)28-22/h6-10,12-15H,4-5,11H2,1-3H3. The third-order valence-corrected chi connectivity index (χ3v) is 4.96. The molecule has 0 fully saturated rings. The fraction of sp³-hybridized carbons (Fsp3) is 0.250. The molecule has 1 amide bonds. The lowest BCUT2D eigenvalue weighted by Gasteiger charge is -2.22. The third kappa shape index (κ3) is 3.50. The van der Waals surface area contributed by atoms with E-state index in [2.05, 4.69) is 18.0 Å². The minimum atomic E-state index is -0.128. The average Bonchev–Trinajstić information content (AvgIpc) is 3.09. The maximum atomic E-state index is 13.3. The Hall–Kier alpha value is -3.14. The van der Waals surface area contributed by atoms with Crippen LogP contribution >= 0.6 is 0 Å². The number of aryl methyl sites for hydroxylation is 2. The molecule has 0 aliphatic carbocycles. The summed E-state index contributed by atoms with van der Waals surface area (Å²) in [6, 6.07) is 18.0. The van der Waals surface area contributed by atoms with Crippen molar-refractivity contribution in [2.75, 3.05) is 11.4 Å². The molecule has 0 aliphatic rings. The highest BCUT2D eigenvalue weighted by Gasteiger charge is 2.22. The first-order valence-electron chi connectivity index (χ1n) is 9.74. The molecule has 0 spiro atoms. The van der Waals surface area contributed by atoms with E-state index in [-0.39, 0.29) is 5.91 Å². The van der Waals surface area contributed by atoms with Gasteiger partial charge in [-0.05, 0) is 61.7 Å². The number of hydrogen-bond acceptors (Lipinski definition) is 3. The van der Waals surface area contributed by atoms with Gasteiger partial charge in [-0.15, -0.1) is 0 Å². The number of furan rings is 1. The zero-order valence-electron chi connectivity index (χ0n) is 16.5. The molecule has 142 valence electrons. The van der Waals surface area contributed by atoms with Gasteiger partial charge in [-0.2, -0.15) is 0 Å². The molecule has 0 unspecified atom stereocenters. The number of pyridine rings is 1. The summed E-state index contributed by atoms with van der Waals surface area (Å²) in [4.78, 5) is 19.7. The molecule has 0 N–H and O–H groups in total. The van der Waals surface area contributed by atoms with Crippen LogP contribution in [0, 0.1) is 13.8 Å². The number of benzene rings is 2. The first-order valence-corrected chi connectivity index (χ1v) is 9.74. The summed E-state index contributed by atoms with van der Waals surface area (Å²) in [5.41, 5.74) is 4.54. The van der Waals surface area contributed by atoms with Gasteiger partial charge in [-0.25, -0.2) is 4.98 Å². The van der Waals surface area contributed by atoms with Crippen LogP contribution in [-0.2, 0) is 0 Å². The molecule has 0 radical (unpaired) electrons. The van der Waals surface area contributed by atoms with Gasteiger partial charge in [0.25, 0.3) is 5.91 Å². The van der Waals surface area contributed by atoms with Gasteiger partial charge in [0.2, 0.25) is 5.71 Å². The highest BCUT2D eigenvalue weighted by atomic mass is 16.4. The molecule has 0 saturated carbocycles. The number of carbonyl (C=O) groups is 1. The van der Waals surface area contributed by atoms with Crippen molar-refractivity contribution in [1.82, 2.24) is 4.98 Å². The number of unbranched alkanes of at least 4 members (excludes halogenated alkanes) is 1. The highest BCUT2D eigenvalue weighted by Crippen LogP contribution is 2.26. The van der Waals surface area contributed by atoms with Crippen LogP contribution in [0.15, 0.2) is 59.0 Å². The molecule has 2 heterocycles. The fourth-order valence-corrected chi connectivity index (χ4v) is 3.43. The van der Waals surface area contributed by atoms with Gasteiger partial charge in [0, 0.05) is 23.0 Å². The van der Waals surface area contributed by atoms with E-state index in [0.717, 1.165) is 45.9 Å². The van der Waals surface area contributed by atoms with E-state index < -0.39 is 0 Å². The number of anilines is 1. The number of aromatic nitrogens is 1. The van der Waals surface area contributed by atoms with Crippen molar-refractivity contribution in [3.05, 3.63) is 71.5 Å². The molecule has 0 aliphatic heterocycles. The number of nitrogens with zero attached hydrogens (tertiary/aromatic N) is 2. The third-order valence-electron chi connectivity index (χ3n) is 4.96. The van der Waals surface area contributed by atoms with Crippen LogP contribution in [0.4, 0.5) is 5.69 Å². The van der Waals surface area contributed by atoms with Crippen LogP contribution in [0.25, 0.3) is 22.0 Å². The second kappa shape index (κ2) is 7.47. The summed E-state index contributed by atoms with van der Waals surface area (Å²) in [7, 11) is 0. The van der Waals surface area contributed by atoms with Crippen molar-refractivity contribution in [2.24, 2.45) is 0 Å². The molecule has 0 atom stereocenters.